The summed E-state index contributed by atoms with van der Waals surface area (Å²) in [5, 5.41) is 2.57. The van der Waals surface area contributed by atoms with Crippen molar-refractivity contribution in [2.75, 3.05) is 0 Å². The molecule has 0 saturated carbocycles. The Morgan fingerprint density at radius 1 is 1.05 bits per heavy atom. The molecular formula is C28H20F4N4O2. The van der Waals surface area contributed by atoms with Crippen LogP contribution in [0.4, 0.5) is 17.6 Å². The minimum absolute atomic E-state index is 0.0794. The zero-order chi connectivity index (χ0) is 26.8. The first-order chi connectivity index (χ1) is 18.3. The zero-order valence-corrected chi connectivity index (χ0v) is 19.8. The first kappa shape index (κ1) is 25.1. The van der Waals surface area contributed by atoms with Crippen LogP contribution in [-0.4, -0.2) is 20.4 Å². The third-order valence-electron chi connectivity index (χ3n) is 6.14. The molecule has 4 aromatic rings. The smallest absolute Gasteiger partial charge is 0.280 e. The topological polar surface area (TPSA) is 76.9 Å². The number of nitrogens with one attached hydrogen (secondary N) is 1. The average molecular weight is 520 g/mol. The van der Waals surface area contributed by atoms with Gasteiger partial charge in [0.1, 0.15) is 11.3 Å². The van der Waals surface area contributed by atoms with Crippen LogP contribution in [0.25, 0.3) is 5.57 Å². The maximum Gasteiger partial charge on any atom is 0.280 e. The van der Waals surface area contributed by atoms with E-state index in [2.05, 4.69) is 15.3 Å². The second-order valence-corrected chi connectivity index (χ2v) is 8.68. The van der Waals surface area contributed by atoms with Gasteiger partial charge in [0.25, 0.3) is 17.9 Å². The van der Waals surface area contributed by atoms with Crippen molar-refractivity contribution in [3.8, 4) is 0 Å². The molecule has 0 saturated heterocycles. The number of nitrogens with zero attached hydrogens (tertiary/aromatic N) is 3. The van der Waals surface area contributed by atoms with Gasteiger partial charge in [-0.05, 0) is 59.2 Å². The van der Waals surface area contributed by atoms with Gasteiger partial charge in [-0.25, -0.2) is 22.5 Å². The number of carbonyl (C=O) groups excluding carboxylic acids is 1. The summed E-state index contributed by atoms with van der Waals surface area (Å²) in [7, 11) is 0. The highest BCUT2D eigenvalue weighted by molar-refractivity contribution is 5.93. The molecular weight excluding hydrogens is 500 g/mol. The van der Waals surface area contributed by atoms with E-state index in [1.54, 1.807) is 18.3 Å². The lowest BCUT2D eigenvalue weighted by molar-refractivity contribution is 0.0948. The number of pyridine rings is 3. The van der Waals surface area contributed by atoms with Crippen molar-refractivity contribution in [3.63, 3.8) is 0 Å². The van der Waals surface area contributed by atoms with E-state index in [0.717, 1.165) is 29.0 Å². The highest BCUT2D eigenvalue weighted by atomic mass is 19.3. The number of benzene rings is 1. The van der Waals surface area contributed by atoms with E-state index in [1.807, 2.05) is 12.1 Å². The minimum Gasteiger partial charge on any atom is -0.346 e. The molecule has 10 heteroatoms. The summed E-state index contributed by atoms with van der Waals surface area (Å²) in [4.78, 5) is 34.0. The molecule has 5 rings (SSSR count). The van der Waals surface area contributed by atoms with Gasteiger partial charge in [0.2, 0.25) is 0 Å². The van der Waals surface area contributed by atoms with Gasteiger partial charge in [0.15, 0.2) is 11.6 Å². The predicted octanol–water partition coefficient (Wildman–Crippen LogP) is 4.82. The van der Waals surface area contributed by atoms with Crippen LogP contribution >= 0.6 is 0 Å². The van der Waals surface area contributed by atoms with Crippen LogP contribution in [-0.2, 0) is 19.5 Å². The van der Waals surface area contributed by atoms with Crippen LogP contribution in [0, 0.1) is 11.6 Å². The number of allylic oxidation sites excluding steroid dienone is 1. The Morgan fingerprint density at radius 2 is 1.89 bits per heavy atom. The normalized spacial score (nSPS) is 12.4. The molecule has 1 aromatic carbocycles. The van der Waals surface area contributed by atoms with Crippen molar-refractivity contribution in [3.05, 3.63) is 134 Å². The SMILES string of the molecule is O=C(NCc1cc(C2=CCc3ncccc32)cc(C(F)F)n1)c1cccn(Cc2ccc(F)c(F)c2)c1=O. The summed E-state index contributed by atoms with van der Waals surface area (Å²) >= 11 is 0. The third kappa shape index (κ3) is 5.10. The minimum atomic E-state index is -2.82. The van der Waals surface area contributed by atoms with E-state index in [0.29, 0.717) is 17.5 Å². The fourth-order valence-corrected chi connectivity index (χ4v) is 4.33. The van der Waals surface area contributed by atoms with E-state index in [4.69, 9.17) is 0 Å². The number of carbonyl (C=O) groups is 1. The summed E-state index contributed by atoms with van der Waals surface area (Å²) < 4.78 is 55.2. The van der Waals surface area contributed by atoms with Crippen molar-refractivity contribution in [1.29, 1.82) is 0 Å². The van der Waals surface area contributed by atoms with Crippen molar-refractivity contribution < 1.29 is 22.4 Å². The number of fused-ring (bicyclic) bond motifs is 1. The van der Waals surface area contributed by atoms with Crippen LogP contribution in [0.3, 0.4) is 0 Å². The molecule has 0 fully saturated rings. The van der Waals surface area contributed by atoms with E-state index in [9.17, 15) is 27.2 Å². The van der Waals surface area contributed by atoms with Crippen LogP contribution in [0.2, 0.25) is 0 Å². The molecule has 3 heterocycles. The van der Waals surface area contributed by atoms with Gasteiger partial charge in [-0.15, -0.1) is 0 Å². The largest absolute Gasteiger partial charge is 0.346 e. The molecule has 1 amide bonds. The Morgan fingerprint density at radius 3 is 2.68 bits per heavy atom. The lowest BCUT2D eigenvalue weighted by Gasteiger charge is -2.12. The summed E-state index contributed by atoms with van der Waals surface area (Å²) in [5.74, 6) is -2.78. The number of halogens is 4. The van der Waals surface area contributed by atoms with Gasteiger partial charge in [0, 0.05) is 24.4 Å². The first-order valence-corrected chi connectivity index (χ1v) is 11.7. The molecule has 192 valence electrons. The highest BCUT2D eigenvalue weighted by Crippen LogP contribution is 2.33. The highest BCUT2D eigenvalue weighted by Gasteiger charge is 2.20. The van der Waals surface area contributed by atoms with Crippen LogP contribution in [0.1, 0.15) is 50.6 Å². The van der Waals surface area contributed by atoms with Gasteiger partial charge in [-0.1, -0.05) is 18.2 Å². The van der Waals surface area contributed by atoms with E-state index >= 15 is 0 Å². The summed E-state index contributed by atoms with van der Waals surface area (Å²) in [6, 6.07) is 12.6. The van der Waals surface area contributed by atoms with Crippen LogP contribution < -0.4 is 10.9 Å². The summed E-state index contributed by atoms with van der Waals surface area (Å²) in [5.41, 5.74) is 2.23. The molecule has 6 nitrogen and oxygen atoms in total. The van der Waals surface area contributed by atoms with Gasteiger partial charge < -0.3 is 9.88 Å². The van der Waals surface area contributed by atoms with Crippen molar-refractivity contribution in [2.45, 2.75) is 25.9 Å². The number of hydrogen-bond acceptors (Lipinski definition) is 4. The average Bonchev–Trinajstić information content (AvgIpc) is 3.35. The monoisotopic (exact) mass is 520 g/mol. The Balaban J connectivity index is 1.36. The molecule has 0 spiro atoms. The third-order valence-corrected chi connectivity index (χ3v) is 6.14. The van der Waals surface area contributed by atoms with Crippen molar-refractivity contribution >= 4 is 11.5 Å². The Hall–Kier alpha value is -4.60. The van der Waals surface area contributed by atoms with Crippen molar-refractivity contribution in [2.24, 2.45) is 0 Å². The Bertz CT molecular complexity index is 1630. The van der Waals surface area contributed by atoms with Gasteiger partial charge >= 0.3 is 0 Å². The standard InChI is InChI=1S/C28H20F4N4O2/c29-22-7-5-16(11-23(22)30)15-36-10-2-4-21(28(36)38)27(37)34-14-18-12-17(13-25(35-18)26(31)32)19-6-8-24-20(19)3-1-9-33-24/h1-7,9-13,26H,8,14-15H2,(H,34,37). The molecule has 1 aliphatic carbocycles. The van der Waals surface area contributed by atoms with E-state index < -0.39 is 35.2 Å². The molecule has 0 unspecified atom stereocenters. The van der Waals surface area contributed by atoms with Gasteiger partial charge in [-0.3, -0.25) is 14.6 Å². The lowest BCUT2D eigenvalue weighted by atomic mass is 10.0. The van der Waals surface area contributed by atoms with Crippen LogP contribution in [0.5, 0.6) is 0 Å². The molecule has 0 aliphatic heterocycles. The number of hydrogen-bond donors (Lipinski definition) is 1. The van der Waals surface area contributed by atoms with Crippen molar-refractivity contribution in [1.82, 2.24) is 19.9 Å². The fraction of sp³-hybridized carbons (Fsp3) is 0.143. The Labute approximate surface area is 214 Å². The van der Waals surface area contributed by atoms with E-state index in [-0.39, 0.29) is 24.3 Å². The van der Waals surface area contributed by atoms with E-state index in [1.165, 1.54) is 35.0 Å². The number of rotatable bonds is 7. The molecule has 0 atom stereocenters. The second kappa shape index (κ2) is 10.4. The molecule has 3 aromatic heterocycles. The molecule has 1 aliphatic rings. The van der Waals surface area contributed by atoms with Gasteiger partial charge in [0.05, 0.1) is 24.5 Å². The molecule has 0 bridgehead atoms. The number of aromatic nitrogens is 3. The summed E-state index contributed by atoms with van der Waals surface area (Å²) in [6.45, 7) is -0.277. The fourth-order valence-electron chi connectivity index (χ4n) is 4.33. The lowest BCUT2D eigenvalue weighted by Crippen LogP contribution is -2.33. The second-order valence-electron chi connectivity index (χ2n) is 8.68. The molecule has 0 radical (unpaired) electrons. The maximum absolute atomic E-state index is 13.6. The maximum atomic E-state index is 13.6. The predicted molar refractivity (Wildman–Crippen MR) is 132 cm³/mol. The number of amides is 1. The quantitative estimate of drug-likeness (QED) is 0.355. The van der Waals surface area contributed by atoms with Crippen LogP contribution in [0.15, 0.2) is 77.9 Å². The van der Waals surface area contributed by atoms with Gasteiger partial charge in [-0.2, -0.15) is 0 Å². The molecule has 38 heavy (non-hydrogen) atoms. The Kier molecular flexibility index (Phi) is 6.87. The molecule has 1 N–H and O–H groups in total. The number of alkyl halides is 2. The first-order valence-electron chi connectivity index (χ1n) is 11.7. The zero-order valence-electron chi connectivity index (χ0n) is 19.8. The summed E-state index contributed by atoms with van der Waals surface area (Å²) in [6.07, 6.45) is 2.75.